The maximum atomic E-state index is 12.9. The van der Waals surface area contributed by atoms with Gasteiger partial charge < -0.3 is 5.73 Å². The molecule has 3 N–H and O–H groups in total. The topological polar surface area (TPSA) is 96.0 Å². The number of nitrogens with zero attached hydrogens (tertiary/aromatic N) is 1. The maximum Gasteiger partial charge on any atom is 0.273 e. The second kappa shape index (κ2) is 5.79. The van der Waals surface area contributed by atoms with Crippen LogP contribution in [0.15, 0.2) is 23.1 Å². The van der Waals surface area contributed by atoms with Crippen molar-refractivity contribution in [2.45, 2.75) is 10.8 Å². The Hall–Kier alpha value is -1.27. The van der Waals surface area contributed by atoms with E-state index in [1.54, 1.807) is 10.8 Å². The highest BCUT2D eigenvalue weighted by Crippen LogP contribution is 2.20. The van der Waals surface area contributed by atoms with Crippen LogP contribution in [-0.4, -0.2) is 27.4 Å². The molecule has 0 bridgehead atoms. The van der Waals surface area contributed by atoms with E-state index in [0.29, 0.717) is 0 Å². The summed E-state index contributed by atoms with van der Waals surface area (Å²) in [6, 6.07) is 5.07. The van der Waals surface area contributed by atoms with Crippen molar-refractivity contribution in [3.8, 4) is 6.07 Å². The predicted octanol–water partition coefficient (Wildman–Crippen LogP) is 1.08. The van der Waals surface area contributed by atoms with E-state index in [-0.39, 0.29) is 15.5 Å². The predicted molar refractivity (Wildman–Crippen MR) is 65.4 cm³/mol. The van der Waals surface area contributed by atoms with Gasteiger partial charge in [0.25, 0.3) is 5.92 Å². The lowest BCUT2D eigenvalue weighted by Gasteiger charge is -2.14. The third-order valence-corrected chi connectivity index (χ3v) is 3.90. The summed E-state index contributed by atoms with van der Waals surface area (Å²) in [5.74, 6) is -3.33. The van der Waals surface area contributed by atoms with Crippen molar-refractivity contribution in [2.24, 2.45) is 5.73 Å². The molecule has 9 heteroatoms. The molecule has 1 aromatic carbocycles. The van der Waals surface area contributed by atoms with Gasteiger partial charge in [0.15, 0.2) is 0 Å². The van der Waals surface area contributed by atoms with Crippen molar-refractivity contribution in [1.29, 1.82) is 5.26 Å². The van der Waals surface area contributed by atoms with E-state index in [0.717, 1.165) is 12.1 Å². The maximum absolute atomic E-state index is 12.9. The van der Waals surface area contributed by atoms with Crippen LogP contribution < -0.4 is 10.5 Å². The van der Waals surface area contributed by atoms with Gasteiger partial charge in [0.1, 0.15) is 6.07 Å². The van der Waals surface area contributed by atoms with E-state index in [4.69, 9.17) is 22.6 Å². The molecule has 0 aliphatic rings. The second-order valence-electron chi connectivity index (χ2n) is 3.64. The summed E-state index contributed by atoms with van der Waals surface area (Å²) in [5, 5.41) is 8.57. The number of rotatable bonds is 5. The molecule has 5 nitrogen and oxygen atoms in total. The molecule has 19 heavy (non-hydrogen) atoms. The first-order valence-corrected chi connectivity index (χ1v) is 6.85. The Labute approximate surface area is 114 Å². The number of sulfonamides is 1. The third kappa shape index (κ3) is 4.11. The van der Waals surface area contributed by atoms with Gasteiger partial charge in [0.05, 0.1) is 28.6 Å². The minimum absolute atomic E-state index is 0.0732. The summed E-state index contributed by atoms with van der Waals surface area (Å²) in [7, 11) is -4.13. The zero-order valence-electron chi connectivity index (χ0n) is 9.53. The molecule has 0 aromatic heterocycles. The molecule has 0 fully saturated rings. The van der Waals surface area contributed by atoms with Gasteiger partial charge >= 0.3 is 0 Å². The lowest BCUT2D eigenvalue weighted by atomic mass is 10.2. The van der Waals surface area contributed by atoms with Crippen molar-refractivity contribution in [1.82, 2.24) is 4.72 Å². The van der Waals surface area contributed by atoms with Gasteiger partial charge in [-0.05, 0) is 18.2 Å². The average molecular weight is 310 g/mol. The number of halogens is 3. The summed E-state index contributed by atoms with van der Waals surface area (Å²) in [4.78, 5) is -0.302. The standard InChI is InChI=1S/C10H10ClF2N3O2S/c11-9-3-8(2-1-7(9)4-14)19(17,18)16-6-10(12,13)5-15/h1-3,16H,5-6,15H2. The molecule has 0 saturated carbocycles. The van der Waals surface area contributed by atoms with Crippen LogP contribution in [0.4, 0.5) is 8.78 Å². The van der Waals surface area contributed by atoms with Crippen LogP contribution in [0, 0.1) is 11.3 Å². The van der Waals surface area contributed by atoms with E-state index in [1.165, 1.54) is 6.07 Å². The minimum atomic E-state index is -4.13. The molecule has 0 aliphatic heterocycles. The van der Waals surface area contributed by atoms with Crippen LogP contribution in [0.3, 0.4) is 0 Å². The van der Waals surface area contributed by atoms with Gasteiger partial charge in [0.2, 0.25) is 10.0 Å². The van der Waals surface area contributed by atoms with Crippen molar-refractivity contribution < 1.29 is 17.2 Å². The fourth-order valence-corrected chi connectivity index (χ4v) is 2.49. The molecule has 0 amide bonds. The van der Waals surface area contributed by atoms with Gasteiger partial charge in [-0.25, -0.2) is 21.9 Å². The molecule has 0 atom stereocenters. The molecule has 1 rings (SSSR count). The van der Waals surface area contributed by atoms with E-state index in [9.17, 15) is 17.2 Å². The number of nitrogens with one attached hydrogen (secondary N) is 1. The van der Waals surface area contributed by atoms with Crippen LogP contribution in [-0.2, 0) is 10.0 Å². The molecule has 0 aliphatic carbocycles. The minimum Gasteiger partial charge on any atom is -0.325 e. The largest absolute Gasteiger partial charge is 0.325 e. The summed E-state index contributed by atoms with van der Waals surface area (Å²) in [6.45, 7) is -2.08. The zero-order valence-corrected chi connectivity index (χ0v) is 11.1. The van der Waals surface area contributed by atoms with Crippen molar-refractivity contribution in [2.75, 3.05) is 13.1 Å². The highest BCUT2D eigenvalue weighted by molar-refractivity contribution is 7.89. The Kier molecular flexibility index (Phi) is 4.81. The Morgan fingerprint density at radius 3 is 2.58 bits per heavy atom. The van der Waals surface area contributed by atoms with Crippen LogP contribution >= 0.6 is 11.6 Å². The van der Waals surface area contributed by atoms with Crippen LogP contribution in [0.5, 0.6) is 0 Å². The number of nitriles is 1. The van der Waals surface area contributed by atoms with Crippen LogP contribution in [0.25, 0.3) is 0 Å². The van der Waals surface area contributed by atoms with E-state index < -0.39 is 29.0 Å². The highest BCUT2D eigenvalue weighted by atomic mass is 35.5. The van der Waals surface area contributed by atoms with E-state index in [1.807, 2.05) is 0 Å². The number of hydrogen-bond donors (Lipinski definition) is 2. The normalized spacial score (nSPS) is 12.2. The average Bonchev–Trinajstić information content (AvgIpc) is 2.36. The third-order valence-electron chi connectivity index (χ3n) is 2.19. The van der Waals surface area contributed by atoms with E-state index >= 15 is 0 Å². The SMILES string of the molecule is N#Cc1ccc(S(=O)(=O)NCC(F)(F)CN)cc1Cl. The van der Waals surface area contributed by atoms with Gasteiger partial charge in [-0.1, -0.05) is 11.6 Å². The number of alkyl halides is 2. The van der Waals surface area contributed by atoms with Gasteiger partial charge in [-0.2, -0.15) is 5.26 Å². The lowest BCUT2D eigenvalue weighted by Crippen LogP contribution is -2.41. The Morgan fingerprint density at radius 2 is 2.11 bits per heavy atom. The molecule has 0 radical (unpaired) electrons. The number of hydrogen-bond acceptors (Lipinski definition) is 4. The summed E-state index contributed by atoms with van der Waals surface area (Å²) < 4.78 is 50.9. The smallest absolute Gasteiger partial charge is 0.273 e. The first kappa shape index (κ1) is 15.8. The molecule has 104 valence electrons. The van der Waals surface area contributed by atoms with Crippen LogP contribution in [0.2, 0.25) is 5.02 Å². The van der Waals surface area contributed by atoms with Gasteiger partial charge in [0, 0.05) is 0 Å². The van der Waals surface area contributed by atoms with Crippen LogP contribution in [0.1, 0.15) is 5.56 Å². The number of benzene rings is 1. The molecular formula is C10H10ClF2N3O2S. The molecule has 0 heterocycles. The first-order valence-electron chi connectivity index (χ1n) is 4.99. The second-order valence-corrected chi connectivity index (χ2v) is 5.81. The Balaban J connectivity index is 2.96. The lowest BCUT2D eigenvalue weighted by molar-refractivity contribution is 0.0170. The molecule has 0 unspecified atom stereocenters. The molecule has 0 spiro atoms. The Bertz CT molecular complexity index is 614. The van der Waals surface area contributed by atoms with Crippen molar-refractivity contribution >= 4 is 21.6 Å². The van der Waals surface area contributed by atoms with E-state index in [2.05, 4.69) is 0 Å². The number of nitrogens with two attached hydrogens (primary N) is 1. The summed E-state index contributed by atoms with van der Waals surface area (Å²) in [5.41, 5.74) is 4.89. The fourth-order valence-electron chi connectivity index (χ4n) is 1.11. The first-order chi connectivity index (χ1) is 8.72. The summed E-state index contributed by atoms with van der Waals surface area (Å²) in [6.07, 6.45) is 0. The highest BCUT2D eigenvalue weighted by Gasteiger charge is 2.29. The summed E-state index contributed by atoms with van der Waals surface area (Å²) >= 11 is 5.67. The zero-order chi connectivity index (χ0) is 14.7. The Morgan fingerprint density at radius 1 is 1.47 bits per heavy atom. The van der Waals surface area contributed by atoms with Gasteiger partial charge in [-0.15, -0.1) is 0 Å². The monoisotopic (exact) mass is 309 g/mol. The van der Waals surface area contributed by atoms with Gasteiger partial charge in [-0.3, -0.25) is 0 Å². The molecule has 1 aromatic rings. The quantitative estimate of drug-likeness (QED) is 0.850. The molecular weight excluding hydrogens is 300 g/mol. The fraction of sp³-hybridized carbons (Fsp3) is 0.300. The van der Waals surface area contributed by atoms with Crippen molar-refractivity contribution in [3.63, 3.8) is 0 Å². The molecule has 0 saturated heterocycles. The van der Waals surface area contributed by atoms with Crippen molar-refractivity contribution in [3.05, 3.63) is 28.8 Å².